The van der Waals surface area contributed by atoms with Crippen molar-refractivity contribution in [1.29, 1.82) is 0 Å². The lowest BCUT2D eigenvalue weighted by Gasteiger charge is -2.12. The van der Waals surface area contributed by atoms with Crippen LogP contribution in [0.3, 0.4) is 0 Å². The fourth-order valence-corrected chi connectivity index (χ4v) is 5.18. The van der Waals surface area contributed by atoms with Crippen molar-refractivity contribution >= 4 is 22.8 Å². The molecule has 5 nitrogen and oxygen atoms in total. The second-order valence-corrected chi connectivity index (χ2v) is 9.86. The Labute approximate surface area is 238 Å². The number of carbonyl (C=O) groups is 1. The average molecular weight is 531 g/mol. The summed E-state index contributed by atoms with van der Waals surface area (Å²) in [5.41, 5.74) is 9.14. The SMILES string of the molecule is O=C1C=CC(=C2NC(c3ccccc3)=C(c3ccccc3)N2)C=C1c1nc(-c2ccccc2)c(-c2ccccc2)[nH]1. The van der Waals surface area contributed by atoms with Gasteiger partial charge >= 0.3 is 0 Å². The van der Waals surface area contributed by atoms with Crippen molar-refractivity contribution in [3.63, 3.8) is 0 Å². The number of H-pyrrole nitrogens is 1. The highest BCUT2D eigenvalue weighted by Gasteiger charge is 2.26. The number of imidazole rings is 1. The summed E-state index contributed by atoms with van der Waals surface area (Å²) < 4.78 is 0. The number of nitrogens with one attached hydrogen (secondary N) is 3. The summed E-state index contributed by atoms with van der Waals surface area (Å²) in [6, 6.07) is 40.6. The van der Waals surface area contributed by atoms with Crippen LogP contribution < -0.4 is 10.6 Å². The van der Waals surface area contributed by atoms with Gasteiger partial charge in [-0.2, -0.15) is 0 Å². The van der Waals surface area contributed by atoms with Gasteiger partial charge in [0.1, 0.15) is 11.6 Å². The van der Waals surface area contributed by atoms with Crippen LogP contribution in [0.4, 0.5) is 0 Å². The summed E-state index contributed by atoms with van der Waals surface area (Å²) in [7, 11) is 0. The first kappa shape index (κ1) is 24.4. The molecule has 1 aliphatic heterocycles. The molecule has 2 heterocycles. The molecule has 196 valence electrons. The van der Waals surface area contributed by atoms with Gasteiger partial charge in [-0.25, -0.2) is 4.98 Å². The number of rotatable bonds is 5. The van der Waals surface area contributed by atoms with Crippen LogP contribution >= 0.6 is 0 Å². The first-order valence-electron chi connectivity index (χ1n) is 13.5. The minimum atomic E-state index is -0.0974. The number of carbonyl (C=O) groups excluding carboxylic acids is 1. The van der Waals surface area contributed by atoms with Crippen LogP contribution in [-0.2, 0) is 4.79 Å². The molecule has 2 aliphatic rings. The fourth-order valence-electron chi connectivity index (χ4n) is 5.18. The van der Waals surface area contributed by atoms with Gasteiger partial charge in [-0.3, -0.25) is 4.79 Å². The van der Waals surface area contributed by atoms with E-state index in [2.05, 4.69) is 39.9 Å². The first-order valence-corrected chi connectivity index (χ1v) is 13.5. The maximum absolute atomic E-state index is 13.2. The largest absolute Gasteiger partial charge is 0.339 e. The summed E-state index contributed by atoms with van der Waals surface area (Å²) in [6.07, 6.45) is 5.35. The van der Waals surface area contributed by atoms with Crippen molar-refractivity contribution in [2.45, 2.75) is 0 Å². The zero-order valence-electron chi connectivity index (χ0n) is 22.1. The molecule has 41 heavy (non-hydrogen) atoms. The molecule has 0 saturated carbocycles. The van der Waals surface area contributed by atoms with Crippen molar-refractivity contribution in [2.24, 2.45) is 0 Å². The normalized spacial score (nSPS) is 14.6. The fraction of sp³-hybridized carbons (Fsp3) is 0. The molecule has 5 aromatic rings. The second-order valence-electron chi connectivity index (χ2n) is 9.86. The van der Waals surface area contributed by atoms with Gasteiger partial charge in [-0.1, -0.05) is 121 Å². The molecule has 3 N–H and O–H groups in total. The van der Waals surface area contributed by atoms with Gasteiger partial charge in [0.05, 0.1) is 28.4 Å². The van der Waals surface area contributed by atoms with Crippen molar-refractivity contribution in [3.05, 3.63) is 168 Å². The van der Waals surface area contributed by atoms with E-state index >= 15 is 0 Å². The Morgan fingerprint density at radius 2 is 1.02 bits per heavy atom. The van der Waals surface area contributed by atoms with Gasteiger partial charge in [-0.15, -0.1) is 0 Å². The Hall–Kier alpha value is -5.68. The number of hydrogen-bond acceptors (Lipinski definition) is 4. The number of allylic oxidation sites excluding steroid dienone is 5. The number of aromatic nitrogens is 2. The van der Waals surface area contributed by atoms with Gasteiger partial charge in [-0.05, 0) is 18.2 Å². The quantitative estimate of drug-likeness (QED) is 0.225. The van der Waals surface area contributed by atoms with Crippen molar-refractivity contribution < 1.29 is 4.79 Å². The molecule has 0 atom stereocenters. The van der Waals surface area contributed by atoms with Crippen LogP contribution in [0, 0.1) is 0 Å². The van der Waals surface area contributed by atoms with E-state index in [1.165, 1.54) is 0 Å². The van der Waals surface area contributed by atoms with E-state index in [0.717, 1.165) is 56.4 Å². The van der Waals surface area contributed by atoms with Crippen LogP contribution in [0.1, 0.15) is 17.0 Å². The molecule has 5 heteroatoms. The standard InChI is InChI=1S/C36H26N4O/c41-30-22-21-28(35-37-31(24-13-5-1-6-14-24)32(38-35)25-15-7-2-8-16-25)23-29(30)36-39-33(26-17-9-3-10-18-26)34(40-36)27-19-11-4-12-20-27/h1-23,37-38H,(H,39,40). The predicted octanol–water partition coefficient (Wildman–Crippen LogP) is 7.20. The zero-order valence-corrected chi connectivity index (χ0v) is 22.1. The Balaban J connectivity index is 1.32. The molecule has 0 unspecified atom stereocenters. The Kier molecular flexibility index (Phi) is 6.22. The van der Waals surface area contributed by atoms with E-state index in [0.29, 0.717) is 11.4 Å². The number of nitrogens with zero attached hydrogens (tertiary/aromatic N) is 1. The second kappa shape index (κ2) is 10.5. The summed E-state index contributed by atoms with van der Waals surface area (Å²) >= 11 is 0. The average Bonchev–Trinajstić information content (AvgIpc) is 3.69. The summed E-state index contributed by atoms with van der Waals surface area (Å²) in [6.45, 7) is 0. The molecular weight excluding hydrogens is 504 g/mol. The third-order valence-corrected chi connectivity index (χ3v) is 7.21. The summed E-state index contributed by atoms with van der Waals surface area (Å²) in [4.78, 5) is 21.7. The highest BCUT2D eigenvalue weighted by molar-refractivity contribution is 6.27. The Morgan fingerprint density at radius 3 is 1.56 bits per heavy atom. The third kappa shape index (κ3) is 4.70. The van der Waals surface area contributed by atoms with E-state index in [9.17, 15) is 4.79 Å². The number of ketones is 1. The van der Waals surface area contributed by atoms with Crippen molar-refractivity contribution in [1.82, 2.24) is 20.6 Å². The molecule has 1 aromatic heterocycles. The predicted molar refractivity (Wildman–Crippen MR) is 165 cm³/mol. The molecule has 1 aliphatic carbocycles. The lowest BCUT2D eigenvalue weighted by atomic mass is 10.00. The highest BCUT2D eigenvalue weighted by Crippen LogP contribution is 2.35. The van der Waals surface area contributed by atoms with Crippen LogP contribution in [-0.4, -0.2) is 15.8 Å². The summed E-state index contributed by atoms with van der Waals surface area (Å²) in [5, 5.41) is 7.18. The van der Waals surface area contributed by atoms with E-state index in [-0.39, 0.29) is 5.78 Å². The van der Waals surface area contributed by atoms with Gasteiger partial charge in [0.15, 0.2) is 5.78 Å². The molecule has 0 bridgehead atoms. The number of benzene rings is 4. The van der Waals surface area contributed by atoms with Crippen LogP contribution in [0.5, 0.6) is 0 Å². The van der Waals surface area contributed by atoms with Crippen LogP contribution in [0.2, 0.25) is 0 Å². The number of hydrogen-bond donors (Lipinski definition) is 3. The highest BCUT2D eigenvalue weighted by atomic mass is 16.1. The molecule has 0 radical (unpaired) electrons. The molecular formula is C36H26N4O. The monoisotopic (exact) mass is 530 g/mol. The molecule has 0 spiro atoms. The Bertz CT molecular complexity index is 1750. The van der Waals surface area contributed by atoms with E-state index in [4.69, 9.17) is 4.98 Å². The van der Waals surface area contributed by atoms with Crippen molar-refractivity contribution in [2.75, 3.05) is 0 Å². The van der Waals surface area contributed by atoms with Gasteiger partial charge in [0.25, 0.3) is 0 Å². The third-order valence-electron chi connectivity index (χ3n) is 7.21. The van der Waals surface area contributed by atoms with Gasteiger partial charge in [0.2, 0.25) is 0 Å². The van der Waals surface area contributed by atoms with E-state index in [1.807, 2.05) is 109 Å². The van der Waals surface area contributed by atoms with Gasteiger partial charge in [0, 0.05) is 27.8 Å². The number of aromatic amines is 1. The topological polar surface area (TPSA) is 69.8 Å². The minimum absolute atomic E-state index is 0.0974. The van der Waals surface area contributed by atoms with Gasteiger partial charge < -0.3 is 15.6 Å². The van der Waals surface area contributed by atoms with E-state index < -0.39 is 0 Å². The lowest BCUT2D eigenvalue weighted by Crippen LogP contribution is -2.17. The van der Waals surface area contributed by atoms with Crippen LogP contribution in [0.15, 0.2) is 151 Å². The van der Waals surface area contributed by atoms with Crippen LogP contribution in [0.25, 0.3) is 39.5 Å². The molecule has 4 aromatic carbocycles. The maximum atomic E-state index is 13.2. The maximum Gasteiger partial charge on any atom is 0.189 e. The molecule has 0 saturated heterocycles. The molecule has 0 amide bonds. The summed E-state index contributed by atoms with van der Waals surface area (Å²) in [5.74, 6) is 1.25. The Morgan fingerprint density at radius 1 is 0.537 bits per heavy atom. The minimum Gasteiger partial charge on any atom is -0.339 e. The van der Waals surface area contributed by atoms with Crippen molar-refractivity contribution in [3.8, 4) is 22.5 Å². The first-order chi connectivity index (χ1) is 20.2. The molecule has 0 fully saturated rings. The smallest absolute Gasteiger partial charge is 0.189 e. The lowest BCUT2D eigenvalue weighted by molar-refractivity contribution is -0.109. The van der Waals surface area contributed by atoms with E-state index in [1.54, 1.807) is 6.08 Å². The zero-order chi connectivity index (χ0) is 27.6. The molecule has 7 rings (SSSR count).